The van der Waals surface area contributed by atoms with Crippen LogP contribution in [0.15, 0.2) is 34.8 Å². The van der Waals surface area contributed by atoms with E-state index in [0.29, 0.717) is 16.2 Å². The van der Waals surface area contributed by atoms with E-state index in [1.165, 1.54) is 12.7 Å². The number of nitrogens with one attached hydrogen (secondary N) is 1. The number of alkyl halides is 3. The molecule has 3 aromatic rings. The predicted molar refractivity (Wildman–Crippen MR) is 70.1 cm³/mol. The van der Waals surface area contributed by atoms with E-state index in [2.05, 4.69) is 24.9 Å². The van der Waals surface area contributed by atoms with Crippen molar-refractivity contribution in [3.63, 3.8) is 0 Å². The minimum absolute atomic E-state index is 0.0874. The second-order valence-electron chi connectivity index (χ2n) is 3.90. The van der Waals surface area contributed by atoms with Gasteiger partial charge in [-0.15, -0.1) is 0 Å². The van der Waals surface area contributed by atoms with Gasteiger partial charge in [-0.3, -0.25) is 0 Å². The van der Waals surface area contributed by atoms with Crippen LogP contribution in [0.25, 0.3) is 11.2 Å². The average molecular weight is 332 g/mol. The summed E-state index contributed by atoms with van der Waals surface area (Å²) in [7, 11) is 0. The number of aromatic amines is 1. The van der Waals surface area contributed by atoms with Gasteiger partial charge in [0.2, 0.25) is 0 Å². The molecule has 0 radical (unpaired) electrons. The van der Waals surface area contributed by atoms with Gasteiger partial charge in [-0.2, -0.15) is 13.2 Å². The van der Waals surface area contributed by atoms with Crippen molar-refractivity contribution >= 4 is 34.5 Å². The van der Waals surface area contributed by atoms with Crippen LogP contribution in [0.2, 0.25) is 5.15 Å². The number of fused-ring (bicyclic) bond motifs is 1. The first-order chi connectivity index (χ1) is 9.93. The predicted octanol–water partition coefficient (Wildman–Crippen LogP) is 3.57. The lowest BCUT2D eigenvalue weighted by atomic mass is 10.3. The van der Waals surface area contributed by atoms with Crippen molar-refractivity contribution in [1.29, 1.82) is 0 Å². The quantitative estimate of drug-likeness (QED) is 0.574. The van der Waals surface area contributed by atoms with E-state index in [0.717, 1.165) is 23.9 Å². The maximum absolute atomic E-state index is 12.8. The minimum Gasteiger partial charge on any atom is -0.341 e. The van der Waals surface area contributed by atoms with E-state index in [1.54, 1.807) is 0 Å². The van der Waals surface area contributed by atoms with Crippen LogP contribution in [-0.2, 0) is 6.18 Å². The smallest absolute Gasteiger partial charge is 0.341 e. The Morgan fingerprint density at radius 2 is 1.95 bits per heavy atom. The molecule has 0 aliphatic carbocycles. The summed E-state index contributed by atoms with van der Waals surface area (Å²) < 4.78 is 38.3. The molecule has 0 saturated carbocycles. The van der Waals surface area contributed by atoms with E-state index in [9.17, 15) is 13.2 Å². The molecular formula is C11H5ClF3N5S. The number of aromatic nitrogens is 5. The Morgan fingerprint density at radius 3 is 2.71 bits per heavy atom. The second-order valence-corrected chi connectivity index (χ2v) is 5.29. The van der Waals surface area contributed by atoms with Gasteiger partial charge in [-0.1, -0.05) is 11.6 Å². The topological polar surface area (TPSA) is 67.3 Å². The number of imidazole rings is 1. The molecule has 3 aromatic heterocycles. The Balaban J connectivity index is 2.02. The van der Waals surface area contributed by atoms with Gasteiger partial charge in [0.05, 0.1) is 11.9 Å². The summed E-state index contributed by atoms with van der Waals surface area (Å²) >= 11 is 6.59. The summed E-state index contributed by atoms with van der Waals surface area (Å²) in [5.74, 6) is 0. The van der Waals surface area contributed by atoms with E-state index in [-0.39, 0.29) is 10.2 Å². The summed E-state index contributed by atoms with van der Waals surface area (Å²) in [6.45, 7) is 0. The van der Waals surface area contributed by atoms with Crippen LogP contribution in [0.3, 0.4) is 0 Å². The second kappa shape index (κ2) is 5.15. The van der Waals surface area contributed by atoms with Crippen molar-refractivity contribution in [2.75, 3.05) is 0 Å². The third-order valence-electron chi connectivity index (χ3n) is 2.49. The number of rotatable bonds is 2. The molecule has 1 N–H and O–H groups in total. The van der Waals surface area contributed by atoms with Gasteiger partial charge in [-0.05, 0) is 23.9 Å². The molecule has 10 heteroatoms. The van der Waals surface area contributed by atoms with Gasteiger partial charge in [0.25, 0.3) is 0 Å². The van der Waals surface area contributed by atoms with Crippen LogP contribution in [0.4, 0.5) is 13.2 Å². The third-order valence-corrected chi connectivity index (χ3v) is 3.60. The molecule has 3 heterocycles. The van der Waals surface area contributed by atoms with Crippen LogP contribution in [0, 0.1) is 0 Å². The molecule has 0 aliphatic heterocycles. The zero-order chi connectivity index (χ0) is 15.0. The molecule has 108 valence electrons. The normalized spacial score (nSPS) is 12.0. The molecule has 0 bridgehead atoms. The molecule has 0 fully saturated rings. The van der Waals surface area contributed by atoms with Crippen LogP contribution >= 0.6 is 23.4 Å². The van der Waals surface area contributed by atoms with E-state index in [1.807, 2.05) is 0 Å². The van der Waals surface area contributed by atoms with Gasteiger partial charge < -0.3 is 4.98 Å². The van der Waals surface area contributed by atoms with Crippen molar-refractivity contribution in [2.45, 2.75) is 16.2 Å². The molecule has 0 atom stereocenters. The van der Waals surface area contributed by atoms with Gasteiger partial charge in [0, 0.05) is 0 Å². The zero-order valence-corrected chi connectivity index (χ0v) is 11.6. The van der Waals surface area contributed by atoms with Gasteiger partial charge >= 0.3 is 6.18 Å². The van der Waals surface area contributed by atoms with Crippen molar-refractivity contribution in [1.82, 2.24) is 24.9 Å². The summed E-state index contributed by atoms with van der Waals surface area (Å²) in [4.78, 5) is 18.6. The minimum atomic E-state index is -4.49. The van der Waals surface area contributed by atoms with Crippen molar-refractivity contribution < 1.29 is 13.2 Å². The van der Waals surface area contributed by atoms with Crippen molar-refractivity contribution in [3.8, 4) is 0 Å². The number of H-pyrrole nitrogens is 1. The Hall–Kier alpha value is -1.87. The van der Waals surface area contributed by atoms with Crippen LogP contribution < -0.4 is 0 Å². The Morgan fingerprint density at radius 1 is 1.14 bits per heavy atom. The lowest BCUT2D eigenvalue weighted by molar-refractivity contribution is -0.137. The Bertz CT molecular complexity index is 804. The first-order valence-corrected chi connectivity index (χ1v) is 6.69. The Kier molecular flexibility index (Phi) is 3.46. The van der Waals surface area contributed by atoms with Crippen molar-refractivity contribution in [2.24, 2.45) is 0 Å². The van der Waals surface area contributed by atoms with Gasteiger partial charge in [0.15, 0.2) is 5.65 Å². The number of halogens is 4. The van der Waals surface area contributed by atoms with Gasteiger partial charge in [0.1, 0.15) is 27.0 Å². The molecule has 0 unspecified atom stereocenters. The monoisotopic (exact) mass is 331 g/mol. The summed E-state index contributed by atoms with van der Waals surface area (Å²) in [5.41, 5.74) is 0.0864. The lowest BCUT2D eigenvalue weighted by Gasteiger charge is -2.08. The highest BCUT2D eigenvalue weighted by Crippen LogP contribution is 2.35. The molecular weight excluding hydrogens is 327 g/mol. The summed E-state index contributed by atoms with van der Waals surface area (Å²) in [6, 6.07) is 1.69. The maximum atomic E-state index is 12.8. The highest BCUT2D eigenvalue weighted by molar-refractivity contribution is 7.99. The molecule has 3 rings (SSSR count). The van der Waals surface area contributed by atoms with Crippen molar-refractivity contribution in [3.05, 3.63) is 35.5 Å². The molecule has 0 amide bonds. The number of hydrogen-bond acceptors (Lipinski definition) is 5. The average Bonchev–Trinajstić information content (AvgIpc) is 2.86. The molecule has 0 spiro atoms. The molecule has 0 aliphatic rings. The zero-order valence-electron chi connectivity index (χ0n) is 10.0. The maximum Gasteiger partial charge on any atom is 0.416 e. The number of nitrogens with zero attached hydrogens (tertiary/aromatic N) is 4. The third kappa shape index (κ3) is 2.93. The molecule has 21 heavy (non-hydrogen) atoms. The highest BCUT2D eigenvalue weighted by Gasteiger charge is 2.31. The molecule has 5 nitrogen and oxygen atoms in total. The number of hydrogen-bond donors (Lipinski definition) is 1. The first-order valence-electron chi connectivity index (χ1n) is 5.50. The summed E-state index contributed by atoms with van der Waals surface area (Å²) in [5, 5.41) is 0.270. The largest absolute Gasteiger partial charge is 0.416 e. The number of pyridine rings is 1. The van der Waals surface area contributed by atoms with Crippen LogP contribution in [-0.4, -0.2) is 24.9 Å². The SMILES string of the molecule is FC(F)(F)c1cc(Cl)nc(Sc2ncnc3nc[nH]c23)c1. The van der Waals surface area contributed by atoms with Crippen LogP contribution in [0.5, 0.6) is 0 Å². The van der Waals surface area contributed by atoms with E-state index >= 15 is 0 Å². The lowest BCUT2D eigenvalue weighted by Crippen LogP contribution is -2.05. The van der Waals surface area contributed by atoms with Gasteiger partial charge in [-0.25, -0.2) is 19.9 Å². The Labute approximate surface area is 125 Å². The molecule has 0 saturated heterocycles. The molecule has 0 aromatic carbocycles. The fourth-order valence-corrected chi connectivity index (χ4v) is 2.75. The highest BCUT2D eigenvalue weighted by atomic mass is 35.5. The van der Waals surface area contributed by atoms with E-state index < -0.39 is 11.7 Å². The fraction of sp³-hybridized carbons (Fsp3) is 0.0909. The van der Waals surface area contributed by atoms with E-state index in [4.69, 9.17) is 11.6 Å². The van der Waals surface area contributed by atoms with Crippen LogP contribution in [0.1, 0.15) is 5.56 Å². The summed E-state index contributed by atoms with van der Waals surface area (Å²) in [6.07, 6.45) is -1.78. The standard InChI is InChI=1S/C11H5ClF3N5S/c12-6-1-5(11(13,14)15)2-7(20-6)21-10-8-9(17-3-16-8)18-4-19-10/h1-4H,(H,16,17,18,19). The fourth-order valence-electron chi connectivity index (χ4n) is 1.61. The first kappa shape index (κ1) is 14.1.